The van der Waals surface area contributed by atoms with E-state index in [1.54, 1.807) is 33.1 Å². The van der Waals surface area contributed by atoms with E-state index in [-0.39, 0.29) is 0 Å². The average molecular weight is 219 g/mol. The van der Waals surface area contributed by atoms with Crippen LogP contribution in [-0.4, -0.2) is 62.5 Å². The van der Waals surface area contributed by atoms with E-state index in [2.05, 4.69) is 0 Å². The zero-order chi connectivity index (χ0) is 11.9. The van der Waals surface area contributed by atoms with Crippen LogP contribution in [0.3, 0.4) is 0 Å². The number of methoxy groups -OCH3 is 2. The Morgan fingerprint density at radius 3 is 2.27 bits per heavy atom. The van der Waals surface area contributed by atoms with Gasteiger partial charge in [0.25, 0.3) is 0 Å². The third-order valence-corrected chi connectivity index (χ3v) is 2.73. The van der Waals surface area contributed by atoms with Gasteiger partial charge in [0.05, 0.1) is 6.61 Å². The molecule has 0 bridgehead atoms. The van der Waals surface area contributed by atoms with E-state index in [1.807, 2.05) is 0 Å². The molecular weight excluding hydrogens is 198 g/mol. The monoisotopic (exact) mass is 219 g/mol. The summed E-state index contributed by atoms with van der Waals surface area (Å²) in [7, 11) is 4.95. The molecule has 0 aliphatic heterocycles. The number of hydrogen-bond acceptors (Lipinski definition) is 4. The molecular formula is C10H21NO4. The summed E-state index contributed by atoms with van der Waals surface area (Å²) in [4.78, 5) is 13.0. The second-order valence-corrected chi connectivity index (χ2v) is 3.74. The Morgan fingerprint density at radius 2 is 1.87 bits per heavy atom. The number of carbonyl (C=O) groups is 1. The fraction of sp³-hybridized carbons (Fsp3) is 0.900. The normalized spacial score (nSPS) is 15.3. The fourth-order valence-electron chi connectivity index (χ4n) is 1.24. The maximum atomic E-state index is 11.2. The fourth-order valence-corrected chi connectivity index (χ4v) is 1.24. The Bertz CT molecular complexity index is 198. The molecule has 1 N–H and O–H groups in total. The van der Waals surface area contributed by atoms with Gasteiger partial charge >= 0.3 is 5.97 Å². The van der Waals surface area contributed by atoms with Gasteiger partial charge in [0, 0.05) is 27.4 Å². The highest BCUT2D eigenvalue weighted by atomic mass is 16.5. The maximum Gasteiger partial charge on any atom is 0.323 e. The number of carboxylic acid groups (broad SMARTS) is 1. The van der Waals surface area contributed by atoms with E-state index < -0.39 is 11.5 Å². The van der Waals surface area contributed by atoms with Crippen molar-refractivity contribution in [2.45, 2.75) is 18.9 Å². The minimum Gasteiger partial charge on any atom is -0.480 e. The summed E-state index contributed by atoms with van der Waals surface area (Å²) in [6, 6.07) is 0. The van der Waals surface area contributed by atoms with Crippen molar-refractivity contribution in [2.24, 2.45) is 0 Å². The zero-order valence-electron chi connectivity index (χ0n) is 9.95. The minimum absolute atomic E-state index is 0.431. The summed E-state index contributed by atoms with van der Waals surface area (Å²) in [5.41, 5.74) is -0.894. The van der Waals surface area contributed by atoms with Gasteiger partial charge in [-0.05, 0) is 20.4 Å². The SMILES string of the molecule is COCCN(C)C(C)(CCOC)C(=O)O. The van der Waals surface area contributed by atoms with Gasteiger partial charge in [-0.25, -0.2) is 0 Å². The van der Waals surface area contributed by atoms with Crippen molar-refractivity contribution in [1.29, 1.82) is 0 Å². The molecule has 15 heavy (non-hydrogen) atoms. The number of aliphatic carboxylic acids is 1. The van der Waals surface area contributed by atoms with Gasteiger partial charge in [0.1, 0.15) is 5.54 Å². The molecule has 0 aliphatic carbocycles. The number of carboxylic acids is 1. The zero-order valence-corrected chi connectivity index (χ0v) is 9.95. The highest BCUT2D eigenvalue weighted by Gasteiger charge is 2.36. The van der Waals surface area contributed by atoms with E-state index in [0.717, 1.165) is 0 Å². The molecule has 5 heteroatoms. The standard InChI is InChI=1S/C10H21NO4/c1-10(9(12)13,5-7-14-3)11(2)6-8-15-4/h5-8H2,1-4H3,(H,12,13). The first-order valence-electron chi connectivity index (χ1n) is 4.91. The predicted molar refractivity (Wildman–Crippen MR) is 57.0 cm³/mol. The molecule has 0 rings (SSSR count). The molecule has 0 spiro atoms. The first-order valence-corrected chi connectivity index (χ1v) is 4.91. The summed E-state index contributed by atoms with van der Waals surface area (Å²) in [6.07, 6.45) is 0.457. The highest BCUT2D eigenvalue weighted by Crippen LogP contribution is 2.18. The first-order chi connectivity index (χ1) is 6.99. The van der Waals surface area contributed by atoms with Crippen LogP contribution in [0, 0.1) is 0 Å². The molecule has 0 heterocycles. The van der Waals surface area contributed by atoms with E-state index in [0.29, 0.717) is 26.2 Å². The Balaban J connectivity index is 4.40. The van der Waals surface area contributed by atoms with Crippen LogP contribution < -0.4 is 0 Å². The van der Waals surface area contributed by atoms with Crippen LogP contribution in [0.15, 0.2) is 0 Å². The van der Waals surface area contributed by atoms with Gasteiger partial charge in [0.2, 0.25) is 0 Å². The van der Waals surface area contributed by atoms with Crippen molar-refractivity contribution < 1.29 is 19.4 Å². The molecule has 1 unspecified atom stereocenters. The lowest BCUT2D eigenvalue weighted by molar-refractivity contribution is -0.151. The van der Waals surface area contributed by atoms with E-state index in [4.69, 9.17) is 9.47 Å². The van der Waals surface area contributed by atoms with Crippen LogP contribution in [0.4, 0.5) is 0 Å². The minimum atomic E-state index is -0.894. The Morgan fingerprint density at radius 1 is 1.33 bits per heavy atom. The largest absolute Gasteiger partial charge is 0.480 e. The number of rotatable bonds is 8. The van der Waals surface area contributed by atoms with Crippen LogP contribution in [0.25, 0.3) is 0 Å². The molecule has 0 aromatic carbocycles. The molecule has 0 amide bonds. The van der Waals surface area contributed by atoms with Crippen molar-refractivity contribution in [3.8, 4) is 0 Å². The molecule has 0 aliphatic rings. The number of nitrogens with zero attached hydrogens (tertiary/aromatic N) is 1. The molecule has 0 radical (unpaired) electrons. The van der Waals surface area contributed by atoms with Crippen LogP contribution >= 0.6 is 0 Å². The van der Waals surface area contributed by atoms with Crippen molar-refractivity contribution in [2.75, 3.05) is 41.0 Å². The van der Waals surface area contributed by atoms with Gasteiger partial charge in [-0.1, -0.05) is 0 Å². The lowest BCUT2D eigenvalue weighted by Gasteiger charge is -2.34. The maximum absolute atomic E-state index is 11.2. The molecule has 0 fully saturated rings. The van der Waals surface area contributed by atoms with Gasteiger partial charge in [-0.2, -0.15) is 0 Å². The molecule has 0 saturated carbocycles. The summed E-state index contributed by atoms with van der Waals surface area (Å²) in [5, 5.41) is 9.19. The summed E-state index contributed by atoms with van der Waals surface area (Å²) < 4.78 is 9.85. The number of ether oxygens (including phenoxy) is 2. The second-order valence-electron chi connectivity index (χ2n) is 3.74. The number of likely N-dealkylation sites (N-methyl/N-ethyl adjacent to an activating group) is 1. The van der Waals surface area contributed by atoms with Gasteiger partial charge in [-0.3, -0.25) is 9.69 Å². The van der Waals surface area contributed by atoms with Crippen LogP contribution in [0.1, 0.15) is 13.3 Å². The Labute approximate surface area is 91.0 Å². The molecule has 1 atom stereocenters. The summed E-state index contributed by atoms with van der Waals surface area (Å²) in [6.45, 7) is 3.24. The van der Waals surface area contributed by atoms with Crippen molar-refractivity contribution >= 4 is 5.97 Å². The van der Waals surface area contributed by atoms with Crippen LogP contribution in [0.2, 0.25) is 0 Å². The van der Waals surface area contributed by atoms with E-state index in [9.17, 15) is 9.90 Å². The molecule has 0 saturated heterocycles. The van der Waals surface area contributed by atoms with E-state index in [1.165, 1.54) is 0 Å². The third-order valence-electron chi connectivity index (χ3n) is 2.73. The predicted octanol–water partition coefficient (Wildman–Crippen LogP) is 0.444. The Hall–Kier alpha value is -0.650. The topological polar surface area (TPSA) is 59.0 Å². The second kappa shape index (κ2) is 6.76. The summed E-state index contributed by atoms with van der Waals surface area (Å²) in [5.74, 6) is -0.835. The van der Waals surface area contributed by atoms with Gasteiger partial charge in [-0.15, -0.1) is 0 Å². The van der Waals surface area contributed by atoms with Crippen LogP contribution in [0.5, 0.6) is 0 Å². The molecule has 0 aromatic rings. The molecule has 90 valence electrons. The third kappa shape index (κ3) is 4.15. The number of hydrogen-bond donors (Lipinski definition) is 1. The summed E-state index contributed by atoms with van der Waals surface area (Å²) >= 11 is 0. The lowest BCUT2D eigenvalue weighted by atomic mass is 9.96. The van der Waals surface area contributed by atoms with Crippen molar-refractivity contribution in [3.63, 3.8) is 0 Å². The van der Waals surface area contributed by atoms with Gasteiger partial charge < -0.3 is 14.6 Å². The smallest absolute Gasteiger partial charge is 0.323 e. The first kappa shape index (κ1) is 14.3. The molecule has 5 nitrogen and oxygen atoms in total. The quantitative estimate of drug-likeness (QED) is 0.642. The van der Waals surface area contributed by atoms with Gasteiger partial charge in [0.15, 0.2) is 0 Å². The van der Waals surface area contributed by atoms with Crippen molar-refractivity contribution in [3.05, 3.63) is 0 Å². The van der Waals surface area contributed by atoms with Crippen molar-refractivity contribution in [1.82, 2.24) is 4.90 Å². The average Bonchev–Trinajstić information content (AvgIpc) is 2.21. The lowest BCUT2D eigenvalue weighted by Crippen LogP contribution is -2.52. The van der Waals surface area contributed by atoms with Crippen LogP contribution in [-0.2, 0) is 14.3 Å². The Kier molecular flexibility index (Phi) is 6.47. The highest BCUT2D eigenvalue weighted by molar-refractivity contribution is 5.78. The van der Waals surface area contributed by atoms with E-state index >= 15 is 0 Å². The molecule has 0 aromatic heterocycles.